The summed E-state index contributed by atoms with van der Waals surface area (Å²) in [5.74, 6) is -2.86. The van der Waals surface area contributed by atoms with Crippen LogP contribution >= 0.6 is 0 Å². The lowest BCUT2D eigenvalue weighted by Gasteiger charge is -2.17. The summed E-state index contributed by atoms with van der Waals surface area (Å²) in [5.41, 5.74) is 1.53. The first-order valence-electron chi connectivity index (χ1n) is 10.6. The lowest BCUT2D eigenvalue weighted by atomic mass is 9.90. The van der Waals surface area contributed by atoms with Gasteiger partial charge in [0.25, 0.3) is 0 Å². The van der Waals surface area contributed by atoms with E-state index in [2.05, 4.69) is 31.2 Å². The number of aromatic nitrogens is 2. The predicted molar refractivity (Wildman–Crippen MR) is 120 cm³/mol. The first-order chi connectivity index (χ1) is 15.5. The van der Waals surface area contributed by atoms with Crippen LogP contribution in [0.4, 0.5) is 14.5 Å². The minimum absolute atomic E-state index is 0.115. The van der Waals surface area contributed by atoms with Gasteiger partial charge in [0, 0.05) is 11.9 Å². The van der Waals surface area contributed by atoms with E-state index in [4.69, 9.17) is 4.74 Å². The molecule has 0 unspecified atom stereocenters. The summed E-state index contributed by atoms with van der Waals surface area (Å²) in [5, 5.41) is 7.19. The molecule has 3 aromatic rings. The molecule has 4 rings (SSSR count). The van der Waals surface area contributed by atoms with Gasteiger partial charge in [0.2, 0.25) is 5.91 Å². The second kappa shape index (κ2) is 8.10. The highest BCUT2D eigenvalue weighted by Crippen LogP contribution is 2.49. The van der Waals surface area contributed by atoms with Crippen molar-refractivity contribution in [1.29, 1.82) is 0 Å². The van der Waals surface area contributed by atoms with E-state index < -0.39 is 23.0 Å². The number of carbonyl (C=O) groups excluding carboxylic acids is 2. The number of halogens is 2. The molecule has 2 aromatic carbocycles. The summed E-state index contributed by atoms with van der Waals surface area (Å²) in [4.78, 5) is 25.5. The number of ether oxygens (including phenoxy) is 1. The fourth-order valence-corrected chi connectivity index (χ4v) is 3.75. The van der Waals surface area contributed by atoms with Gasteiger partial charge < -0.3 is 10.1 Å². The molecule has 0 bridgehead atoms. The van der Waals surface area contributed by atoms with Crippen molar-refractivity contribution in [2.24, 2.45) is 0 Å². The molecule has 33 heavy (non-hydrogen) atoms. The number of carbonyl (C=O) groups is 2. The maximum absolute atomic E-state index is 13.7. The summed E-state index contributed by atoms with van der Waals surface area (Å²) in [6, 6.07) is 8.39. The Bertz CT molecular complexity index is 1240. The van der Waals surface area contributed by atoms with E-state index >= 15 is 0 Å². The van der Waals surface area contributed by atoms with Crippen molar-refractivity contribution in [1.82, 2.24) is 9.78 Å². The molecule has 8 heteroatoms. The number of hydrogen-bond acceptors (Lipinski definition) is 4. The standard InChI is InChI=1S/C25H25F2N3O3/c1-24(2,3)16-13-28-30(14-16)21-8-6-17(12-18(21)22(31)33-4)29-23(32)25(9-10-25)15-5-7-19(26)20(27)11-15/h5-8,11-14H,9-10H2,1-4H3,(H,29,32). The molecule has 0 atom stereocenters. The third-order valence-corrected chi connectivity index (χ3v) is 6.01. The number of esters is 1. The monoisotopic (exact) mass is 453 g/mol. The number of hydrogen-bond donors (Lipinski definition) is 1. The van der Waals surface area contributed by atoms with E-state index in [1.807, 2.05) is 6.20 Å². The number of methoxy groups -OCH3 is 1. The molecule has 1 fully saturated rings. The molecule has 1 aliphatic carbocycles. The third-order valence-electron chi connectivity index (χ3n) is 6.01. The van der Waals surface area contributed by atoms with Gasteiger partial charge in [-0.2, -0.15) is 5.10 Å². The van der Waals surface area contributed by atoms with E-state index in [-0.39, 0.29) is 16.9 Å². The Morgan fingerprint density at radius 1 is 1.09 bits per heavy atom. The van der Waals surface area contributed by atoms with E-state index in [0.717, 1.165) is 17.7 Å². The largest absolute Gasteiger partial charge is 0.465 e. The average Bonchev–Trinajstić information content (AvgIpc) is 3.43. The predicted octanol–water partition coefficient (Wildman–Crippen LogP) is 4.90. The summed E-state index contributed by atoms with van der Waals surface area (Å²) in [6.45, 7) is 6.19. The number of benzene rings is 2. The number of amides is 1. The van der Waals surface area contributed by atoms with E-state index in [1.165, 1.54) is 19.2 Å². The molecule has 1 aliphatic rings. The number of nitrogens with zero attached hydrogens (tertiary/aromatic N) is 2. The van der Waals surface area contributed by atoms with Crippen LogP contribution in [0.1, 0.15) is 55.1 Å². The van der Waals surface area contributed by atoms with E-state index in [0.29, 0.717) is 29.8 Å². The van der Waals surface area contributed by atoms with Gasteiger partial charge in [-0.1, -0.05) is 26.8 Å². The minimum atomic E-state index is -0.988. The molecule has 1 amide bonds. The normalized spacial score (nSPS) is 14.6. The van der Waals surface area contributed by atoms with Crippen LogP contribution in [0.3, 0.4) is 0 Å². The van der Waals surface area contributed by atoms with Gasteiger partial charge in [-0.25, -0.2) is 18.3 Å². The van der Waals surface area contributed by atoms with Crippen LogP contribution in [0, 0.1) is 11.6 Å². The molecule has 0 radical (unpaired) electrons. The van der Waals surface area contributed by atoms with Crippen LogP contribution in [0.15, 0.2) is 48.8 Å². The second-order valence-electron chi connectivity index (χ2n) is 9.31. The first-order valence-corrected chi connectivity index (χ1v) is 10.6. The molecule has 1 N–H and O–H groups in total. The smallest absolute Gasteiger partial charge is 0.340 e. The average molecular weight is 453 g/mol. The van der Waals surface area contributed by atoms with Crippen molar-refractivity contribution >= 4 is 17.6 Å². The zero-order chi connectivity index (χ0) is 24.0. The summed E-state index contributed by atoms with van der Waals surface area (Å²) in [7, 11) is 1.28. The molecule has 1 aromatic heterocycles. The number of nitrogens with one attached hydrogen (secondary N) is 1. The highest BCUT2D eigenvalue weighted by atomic mass is 19.2. The Morgan fingerprint density at radius 2 is 1.82 bits per heavy atom. The van der Waals surface area contributed by atoms with Gasteiger partial charge in [0.1, 0.15) is 0 Å². The third kappa shape index (κ3) is 4.25. The molecule has 0 aliphatic heterocycles. The van der Waals surface area contributed by atoms with Gasteiger partial charge in [0.15, 0.2) is 11.6 Å². The van der Waals surface area contributed by atoms with Gasteiger partial charge in [0.05, 0.1) is 30.0 Å². The Hall–Kier alpha value is -3.55. The molecular formula is C25H25F2N3O3. The van der Waals surface area contributed by atoms with E-state index in [9.17, 15) is 18.4 Å². The van der Waals surface area contributed by atoms with Crippen LogP contribution in [-0.4, -0.2) is 28.8 Å². The molecule has 1 heterocycles. The summed E-state index contributed by atoms with van der Waals surface area (Å²) >= 11 is 0. The van der Waals surface area contributed by atoms with Crippen molar-refractivity contribution in [3.05, 3.63) is 77.1 Å². The molecule has 0 saturated heterocycles. The topological polar surface area (TPSA) is 73.2 Å². The van der Waals surface area contributed by atoms with Gasteiger partial charge in [-0.3, -0.25) is 4.79 Å². The Labute approximate surface area is 190 Å². The van der Waals surface area contributed by atoms with Crippen molar-refractivity contribution in [2.75, 3.05) is 12.4 Å². The lowest BCUT2D eigenvalue weighted by molar-refractivity contribution is -0.118. The van der Waals surface area contributed by atoms with Crippen LogP contribution in [0.25, 0.3) is 5.69 Å². The molecular weight excluding hydrogens is 428 g/mol. The van der Waals surface area contributed by atoms with Crippen molar-refractivity contribution in [3.63, 3.8) is 0 Å². The SMILES string of the molecule is COC(=O)c1cc(NC(=O)C2(c3ccc(F)c(F)c3)CC2)ccc1-n1cc(C(C)(C)C)cn1. The van der Waals surface area contributed by atoms with E-state index in [1.54, 1.807) is 23.0 Å². The first kappa shape index (κ1) is 22.6. The van der Waals surface area contributed by atoms with Crippen molar-refractivity contribution in [3.8, 4) is 5.69 Å². The second-order valence-corrected chi connectivity index (χ2v) is 9.31. The Morgan fingerprint density at radius 3 is 2.39 bits per heavy atom. The van der Waals surface area contributed by atoms with Crippen molar-refractivity contribution in [2.45, 2.75) is 44.4 Å². The van der Waals surface area contributed by atoms with Crippen LogP contribution in [-0.2, 0) is 20.4 Å². The highest BCUT2D eigenvalue weighted by Gasteiger charge is 2.51. The quantitative estimate of drug-likeness (QED) is 0.558. The maximum Gasteiger partial charge on any atom is 0.340 e. The van der Waals surface area contributed by atoms with Crippen LogP contribution in [0.2, 0.25) is 0 Å². The van der Waals surface area contributed by atoms with Gasteiger partial charge >= 0.3 is 5.97 Å². The number of anilines is 1. The summed E-state index contributed by atoms with van der Waals surface area (Å²) < 4.78 is 33.6. The lowest BCUT2D eigenvalue weighted by Crippen LogP contribution is -2.28. The zero-order valence-corrected chi connectivity index (χ0v) is 18.9. The van der Waals surface area contributed by atoms with Crippen LogP contribution in [0.5, 0.6) is 0 Å². The zero-order valence-electron chi connectivity index (χ0n) is 18.9. The number of rotatable bonds is 5. The highest BCUT2D eigenvalue weighted by molar-refractivity contribution is 6.03. The Balaban J connectivity index is 1.64. The fourth-order valence-electron chi connectivity index (χ4n) is 3.75. The Kier molecular flexibility index (Phi) is 5.56. The molecule has 0 spiro atoms. The summed E-state index contributed by atoms with van der Waals surface area (Å²) in [6.07, 6.45) is 4.64. The maximum atomic E-state index is 13.7. The molecule has 172 valence electrons. The minimum Gasteiger partial charge on any atom is -0.465 e. The fraction of sp³-hybridized carbons (Fsp3) is 0.320. The molecule has 1 saturated carbocycles. The van der Waals surface area contributed by atoms with Crippen molar-refractivity contribution < 1.29 is 23.1 Å². The van der Waals surface area contributed by atoms with Gasteiger partial charge in [-0.15, -0.1) is 0 Å². The van der Waals surface area contributed by atoms with Crippen LogP contribution < -0.4 is 5.32 Å². The molecule has 6 nitrogen and oxygen atoms in total. The van der Waals surface area contributed by atoms with Gasteiger partial charge in [-0.05, 0) is 59.7 Å².